The van der Waals surface area contributed by atoms with E-state index in [1.54, 1.807) is 12.1 Å². The Morgan fingerprint density at radius 3 is 3.05 bits per heavy atom. The van der Waals surface area contributed by atoms with E-state index in [4.69, 9.17) is 9.84 Å². The van der Waals surface area contributed by atoms with E-state index in [2.05, 4.69) is 0 Å². The zero-order valence-electron chi connectivity index (χ0n) is 10.9. The number of non-ortho nitro benzene ring substituents is 1. The van der Waals surface area contributed by atoms with Crippen molar-refractivity contribution in [1.29, 1.82) is 0 Å². The fourth-order valence-corrected chi connectivity index (χ4v) is 2.29. The Hall–Kier alpha value is -1.99. The first-order chi connectivity index (χ1) is 9.56. The summed E-state index contributed by atoms with van der Waals surface area (Å²) in [4.78, 5) is 23.2. The first-order valence-corrected chi connectivity index (χ1v) is 6.33. The summed E-state index contributed by atoms with van der Waals surface area (Å²) in [6.45, 7) is 2.04. The Morgan fingerprint density at radius 2 is 2.35 bits per heavy atom. The van der Waals surface area contributed by atoms with E-state index in [9.17, 15) is 14.9 Å². The lowest BCUT2D eigenvalue weighted by Crippen LogP contribution is -2.45. The highest BCUT2D eigenvalue weighted by Crippen LogP contribution is 2.18. The molecule has 1 unspecified atom stereocenters. The molecule has 0 spiro atoms. The summed E-state index contributed by atoms with van der Waals surface area (Å²) in [5.74, 6) is -0.871. The van der Waals surface area contributed by atoms with Gasteiger partial charge in [-0.25, -0.2) is 0 Å². The van der Waals surface area contributed by atoms with Crippen LogP contribution in [0.5, 0.6) is 0 Å². The number of nitrogens with zero attached hydrogens (tertiary/aromatic N) is 2. The van der Waals surface area contributed by atoms with Crippen LogP contribution in [0.4, 0.5) is 5.69 Å². The molecule has 0 bridgehead atoms. The third-order valence-electron chi connectivity index (χ3n) is 3.27. The maximum Gasteiger partial charge on any atom is 0.305 e. The molecule has 108 valence electrons. The lowest BCUT2D eigenvalue weighted by Gasteiger charge is -2.34. The van der Waals surface area contributed by atoms with Gasteiger partial charge in [-0.05, 0) is 5.56 Å². The number of ether oxygens (including phenoxy) is 1. The monoisotopic (exact) mass is 280 g/mol. The summed E-state index contributed by atoms with van der Waals surface area (Å²) in [7, 11) is 0. The molecule has 1 fully saturated rings. The number of carbonyl (C=O) groups is 1. The van der Waals surface area contributed by atoms with Gasteiger partial charge in [-0.15, -0.1) is 0 Å². The minimum Gasteiger partial charge on any atom is -0.481 e. The van der Waals surface area contributed by atoms with Crippen molar-refractivity contribution in [2.75, 3.05) is 19.8 Å². The largest absolute Gasteiger partial charge is 0.481 e. The van der Waals surface area contributed by atoms with Crippen molar-refractivity contribution in [1.82, 2.24) is 4.90 Å². The second-order valence-electron chi connectivity index (χ2n) is 4.72. The van der Waals surface area contributed by atoms with E-state index in [0.717, 1.165) is 5.56 Å². The first kappa shape index (κ1) is 14.4. The van der Waals surface area contributed by atoms with Crippen molar-refractivity contribution in [2.24, 2.45) is 0 Å². The molecular formula is C13H16N2O5. The predicted molar refractivity (Wildman–Crippen MR) is 70.4 cm³/mol. The second-order valence-corrected chi connectivity index (χ2v) is 4.72. The number of rotatable bonds is 5. The number of carboxylic acid groups (broad SMARTS) is 1. The first-order valence-electron chi connectivity index (χ1n) is 6.33. The highest BCUT2D eigenvalue weighted by Gasteiger charge is 2.25. The number of carboxylic acids is 1. The number of hydrogen-bond acceptors (Lipinski definition) is 5. The Kier molecular flexibility index (Phi) is 4.65. The lowest BCUT2D eigenvalue weighted by atomic mass is 10.1. The van der Waals surface area contributed by atoms with Gasteiger partial charge in [0.15, 0.2) is 0 Å². The zero-order chi connectivity index (χ0) is 14.5. The number of benzene rings is 1. The van der Waals surface area contributed by atoms with Crippen molar-refractivity contribution >= 4 is 11.7 Å². The lowest BCUT2D eigenvalue weighted by molar-refractivity contribution is -0.384. The minimum absolute atomic E-state index is 0.00886. The van der Waals surface area contributed by atoms with Gasteiger partial charge in [0, 0.05) is 31.3 Å². The van der Waals surface area contributed by atoms with E-state index in [1.807, 2.05) is 4.90 Å². The standard InChI is InChI=1S/C13H16N2O5/c16-13(17)7-12-9-20-5-4-14(12)8-10-2-1-3-11(6-10)15(18)19/h1-3,6,12H,4-5,7-9H2,(H,16,17). The molecule has 7 heteroatoms. The minimum atomic E-state index is -0.871. The van der Waals surface area contributed by atoms with Gasteiger partial charge >= 0.3 is 5.97 Å². The van der Waals surface area contributed by atoms with Crippen molar-refractivity contribution in [3.8, 4) is 0 Å². The van der Waals surface area contributed by atoms with E-state index in [-0.39, 0.29) is 18.2 Å². The normalized spacial score (nSPS) is 19.7. The molecule has 1 aliphatic heterocycles. The van der Waals surface area contributed by atoms with Crippen LogP contribution in [-0.4, -0.2) is 46.7 Å². The number of nitro groups is 1. The molecule has 0 saturated carbocycles. The van der Waals surface area contributed by atoms with Crippen molar-refractivity contribution < 1.29 is 19.6 Å². The van der Waals surface area contributed by atoms with Crippen LogP contribution in [0, 0.1) is 10.1 Å². The van der Waals surface area contributed by atoms with E-state index < -0.39 is 10.9 Å². The van der Waals surface area contributed by atoms with Crippen LogP contribution in [0.25, 0.3) is 0 Å². The smallest absolute Gasteiger partial charge is 0.305 e. The fraction of sp³-hybridized carbons (Fsp3) is 0.462. The highest BCUT2D eigenvalue weighted by molar-refractivity contribution is 5.67. The summed E-state index contributed by atoms with van der Waals surface area (Å²) >= 11 is 0. The molecule has 1 heterocycles. The molecular weight excluding hydrogens is 264 g/mol. The molecule has 1 aliphatic rings. The van der Waals surface area contributed by atoms with Gasteiger partial charge in [-0.1, -0.05) is 12.1 Å². The van der Waals surface area contributed by atoms with Crippen LogP contribution >= 0.6 is 0 Å². The Labute approximate surface area is 115 Å². The molecule has 1 saturated heterocycles. The van der Waals surface area contributed by atoms with Crippen molar-refractivity contribution in [2.45, 2.75) is 19.0 Å². The van der Waals surface area contributed by atoms with Crippen LogP contribution in [0.3, 0.4) is 0 Å². The molecule has 0 amide bonds. The van der Waals surface area contributed by atoms with Crippen LogP contribution in [0.15, 0.2) is 24.3 Å². The third-order valence-corrected chi connectivity index (χ3v) is 3.27. The molecule has 2 rings (SSSR count). The van der Waals surface area contributed by atoms with Crippen LogP contribution in [0.2, 0.25) is 0 Å². The van der Waals surface area contributed by atoms with Gasteiger partial charge in [-0.3, -0.25) is 19.8 Å². The molecule has 0 aromatic heterocycles. The van der Waals surface area contributed by atoms with Crippen molar-refractivity contribution in [3.05, 3.63) is 39.9 Å². The maximum atomic E-state index is 10.8. The predicted octanol–water partition coefficient (Wildman–Crippen LogP) is 1.27. The van der Waals surface area contributed by atoms with Gasteiger partial charge in [0.1, 0.15) is 0 Å². The molecule has 1 aromatic carbocycles. The SMILES string of the molecule is O=C(O)CC1COCCN1Cc1cccc([N+](=O)[O-])c1. The topological polar surface area (TPSA) is 92.9 Å². The summed E-state index contributed by atoms with van der Waals surface area (Å²) in [5.41, 5.74) is 0.849. The number of nitro benzene ring substituents is 1. The van der Waals surface area contributed by atoms with Crippen LogP contribution in [0.1, 0.15) is 12.0 Å². The third kappa shape index (κ3) is 3.75. The quantitative estimate of drug-likeness (QED) is 0.645. The number of hydrogen-bond donors (Lipinski definition) is 1. The van der Waals surface area contributed by atoms with E-state index in [0.29, 0.717) is 26.3 Å². The van der Waals surface area contributed by atoms with Crippen molar-refractivity contribution in [3.63, 3.8) is 0 Å². The fourth-order valence-electron chi connectivity index (χ4n) is 2.29. The van der Waals surface area contributed by atoms with Gasteiger partial charge in [-0.2, -0.15) is 0 Å². The Morgan fingerprint density at radius 1 is 1.55 bits per heavy atom. The van der Waals surface area contributed by atoms with Gasteiger partial charge in [0.05, 0.1) is 24.6 Å². The van der Waals surface area contributed by atoms with Gasteiger partial charge < -0.3 is 9.84 Å². The molecule has 1 N–H and O–H groups in total. The summed E-state index contributed by atoms with van der Waals surface area (Å²) < 4.78 is 5.30. The summed E-state index contributed by atoms with van der Waals surface area (Å²) in [6, 6.07) is 6.21. The van der Waals surface area contributed by atoms with Crippen LogP contribution in [-0.2, 0) is 16.1 Å². The van der Waals surface area contributed by atoms with Gasteiger partial charge in [0.25, 0.3) is 5.69 Å². The molecule has 1 atom stereocenters. The number of aliphatic carboxylic acids is 1. The average molecular weight is 280 g/mol. The highest BCUT2D eigenvalue weighted by atomic mass is 16.6. The molecule has 20 heavy (non-hydrogen) atoms. The second kappa shape index (κ2) is 6.44. The Balaban J connectivity index is 2.08. The molecule has 7 nitrogen and oxygen atoms in total. The zero-order valence-corrected chi connectivity index (χ0v) is 10.9. The average Bonchev–Trinajstić information content (AvgIpc) is 2.41. The summed E-state index contributed by atoms with van der Waals surface area (Å²) in [5, 5.41) is 19.6. The molecule has 0 radical (unpaired) electrons. The van der Waals surface area contributed by atoms with E-state index >= 15 is 0 Å². The maximum absolute atomic E-state index is 10.8. The molecule has 1 aromatic rings. The van der Waals surface area contributed by atoms with E-state index in [1.165, 1.54) is 12.1 Å². The Bertz CT molecular complexity index is 505. The summed E-state index contributed by atoms with van der Waals surface area (Å²) in [6.07, 6.45) is 0.00886. The van der Waals surface area contributed by atoms with Crippen LogP contribution < -0.4 is 0 Å². The molecule has 0 aliphatic carbocycles. The number of morpholine rings is 1. The van der Waals surface area contributed by atoms with Gasteiger partial charge in [0.2, 0.25) is 0 Å².